The van der Waals surface area contributed by atoms with Crippen molar-refractivity contribution in [2.45, 2.75) is 26.5 Å². The van der Waals surface area contributed by atoms with E-state index in [0.29, 0.717) is 18.7 Å². The highest BCUT2D eigenvalue weighted by atomic mass is 19.1. The van der Waals surface area contributed by atoms with Crippen molar-refractivity contribution in [3.05, 3.63) is 52.6 Å². The van der Waals surface area contributed by atoms with Crippen LogP contribution in [0.5, 0.6) is 0 Å². The standard InChI is InChI=1S/C14H18FN3O/c1-9-13(10(2)18-17-9)7-16-8-14(19)11-3-5-12(15)6-4-11/h3-6,14,16,19H,7-8H2,1-2H3,(H,17,18). The van der Waals surface area contributed by atoms with Crippen LogP contribution in [0, 0.1) is 19.7 Å². The number of aromatic amines is 1. The van der Waals surface area contributed by atoms with Crippen LogP contribution in [0.4, 0.5) is 4.39 Å². The zero-order valence-electron chi connectivity index (χ0n) is 11.1. The van der Waals surface area contributed by atoms with Gasteiger partial charge in [0.1, 0.15) is 5.82 Å². The van der Waals surface area contributed by atoms with E-state index in [1.807, 2.05) is 13.8 Å². The number of halogens is 1. The number of nitrogens with one attached hydrogen (secondary N) is 2. The molecule has 5 heteroatoms. The van der Waals surface area contributed by atoms with E-state index in [-0.39, 0.29) is 5.82 Å². The number of rotatable bonds is 5. The van der Waals surface area contributed by atoms with Crippen molar-refractivity contribution in [2.75, 3.05) is 6.54 Å². The molecule has 0 aliphatic heterocycles. The molecule has 1 heterocycles. The Morgan fingerprint density at radius 3 is 2.58 bits per heavy atom. The Bertz CT molecular complexity index is 517. The molecule has 0 saturated carbocycles. The number of hydrogen-bond acceptors (Lipinski definition) is 3. The van der Waals surface area contributed by atoms with Gasteiger partial charge in [0, 0.05) is 24.3 Å². The van der Waals surface area contributed by atoms with Crippen molar-refractivity contribution in [1.29, 1.82) is 0 Å². The van der Waals surface area contributed by atoms with E-state index in [1.54, 1.807) is 12.1 Å². The maximum absolute atomic E-state index is 12.8. The smallest absolute Gasteiger partial charge is 0.123 e. The molecule has 0 spiro atoms. The molecule has 0 aliphatic carbocycles. The lowest BCUT2D eigenvalue weighted by Crippen LogP contribution is -2.21. The van der Waals surface area contributed by atoms with Gasteiger partial charge >= 0.3 is 0 Å². The molecule has 1 aromatic heterocycles. The minimum Gasteiger partial charge on any atom is -0.387 e. The first-order chi connectivity index (χ1) is 9.08. The highest BCUT2D eigenvalue weighted by Crippen LogP contribution is 2.13. The molecule has 1 atom stereocenters. The SMILES string of the molecule is Cc1n[nH]c(C)c1CNCC(O)c1ccc(F)cc1. The normalized spacial score (nSPS) is 12.6. The molecule has 2 rings (SSSR count). The molecule has 0 fully saturated rings. The van der Waals surface area contributed by atoms with Gasteiger partial charge in [-0.05, 0) is 31.5 Å². The van der Waals surface area contributed by atoms with Crippen molar-refractivity contribution in [2.24, 2.45) is 0 Å². The number of benzene rings is 1. The summed E-state index contributed by atoms with van der Waals surface area (Å²) in [6.07, 6.45) is -0.645. The Morgan fingerprint density at radius 1 is 1.32 bits per heavy atom. The number of aromatic nitrogens is 2. The first-order valence-electron chi connectivity index (χ1n) is 6.22. The minimum absolute atomic E-state index is 0.298. The molecule has 1 unspecified atom stereocenters. The van der Waals surface area contributed by atoms with Gasteiger partial charge < -0.3 is 10.4 Å². The summed E-state index contributed by atoms with van der Waals surface area (Å²) in [7, 11) is 0. The fourth-order valence-corrected chi connectivity index (χ4v) is 1.97. The van der Waals surface area contributed by atoms with Gasteiger partial charge in [-0.3, -0.25) is 5.10 Å². The Balaban J connectivity index is 1.87. The maximum atomic E-state index is 12.8. The van der Waals surface area contributed by atoms with Crippen LogP contribution in [-0.4, -0.2) is 21.8 Å². The lowest BCUT2D eigenvalue weighted by molar-refractivity contribution is 0.174. The van der Waals surface area contributed by atoms with Crippen molar-refractivity contribution >= 4 is 0 Å². The third kappa shape index (κ3) is 3.39. The van der Waals surface area contributed by atoms with Gasteiger partial charge in [0.25, 0.3) is 0 Å². The van der Waals surface area contributed by atoms with E-state index in [9.17, 15) is 9.50 Å². The van der Waals surface area contributed by atoms with Crippen LogP contribution in [0.15, 0.2) is 24.3 Å². The van der Waals surface area contributed by atoms with Gasteiger partial charge in [0.05, 0.1) is 11.8 Å². The minimum atomic E-state index is -0.645. The number of aryl methyl sites for hydroxylation is 2. The fourth-order valence-electron chi connectivity index (χ4n) is 1.97. The maximum Gasteiger partial charge on any atom is 0.123 e. The monoisotopic (exact) mass is 263 g/mol. The second kappa shape index (κ2) is 5.95. The third-order valence-corrected chi connectivity index (χ3v) is 3.17. The molecule has 4 nitrogen and oxygen atoms in total. The van der Waals surface area contributed by atoms with Gasteiger partial charge in [-0.15, -0.1) is 0 Å². The van der Waals surface area contributed by atoms with Crippen LogP contribution in [0.2, 0.25) is 0 Å². The van der Waals surface area contributed by atoms with E-state index in [1.165, 1.54) is 12.1 Å². The van der Waals surface area contributed by atoms with Gasteiger partial charge in [0.2, 0.25) is 0 Å². The van der Waals surface area contributed by atoms with Gasteiger partial charge in [0.15, 0.2) is 0 Å². The molecule has 1 aromatic carbocycles. The lowest BCUT2D eigenvalue weighted by Gasteiger charge is -2.12. The number of H-pyrrole nitrogens is 1. The summed E-state index contributed by atoms with van der Waals surface area (Å²) in [5.74, 6) is -0.298. The van der Waals surface area contributed by atoms with Crippen LogP contribution < -0.4 is 5.32 Å². The predicted molar refractivity (Wildman–Crippen MR) is 71.1 cm³/mol. The zero-order chi connectivity index (χ0) is 13.8. The highest BCUT2D eigenvalue weighted by molar-refractivity contribution is 5.23. The summed E-state index contributed by atoms with van der Waals surface area (Å²) >= 11 is 0. The van der Waals surface area contributed by atoms with Gasteiger partial charge in [-0.2, -0.15) is 5.10 Å². The van der Waals surface area contributed by atoms with Crippen molar-refractivity contribution in [1.82, 2.24) is 15.5 Å². The largest absolute Gasteiger partial charge is 0.387 e. The second-order valence-corrected chi connectivity index (χ2v) is 4.61. The van der Waals surface area contributed by atoms with Crippen LogP contribution >= 0.6 is 0 Å². The number of hydrogen-bond donors (Lipinski definition) is 3. The quantitative estimate of drug-likeness (QED) is 0.773. The molecule has 19 heavy (non-hydrogen) atoms. The summed E-state index contributed by atoms with van der Waals surface area (Å²) in [6.45, 7) is 4.96. The summed E-state index contributed by atoms with van der Waals surface area (Å²) in [5.41, 5.74) is 3.81. The number of aliphatic hydroxyl groups is 1. The predicted octanol–water partition coefficient (Wildman–Crippen LogP) is 1.99. The van der Waals surface area contributed by atoms with E-state index in [4.69, 9.17) is 0 Å². The van der Waals surface area contributed by atoms with Crippen molar-refractivity contribution in [3.8, 4) is 0 Å². The van der Waals surface area contributed by atoms with Crippen LogP contribution in [-0.2, 0) is 6.54 Å². The van der Waals surface area contributed by atoms with E-state index in [2.05, 4.69) is 15.5 Å². The average Bonchev–Trinajstić information content (AvgIpc) is 2.71. The topological polar surface area (TPSA) is 60.9 Å². The first-order valence-corrected chi connectivity index (χ1v) is 6.22. The first kappa shape index (κ1) is 13.7. The molecular weight excluding hydrogens is 245 g/mol. The summed E-state index contributed by atoms with van der Waals surface area (Å²) < 4.78 is 12.8. The third-order valence-electron chi connectivity index (χ3n) is 3.17. The van der Waals surface area contributed by atoms with Crippen molar-refractivity contribution < 1.29 is 9.50 Å². The molecule has 0 amide bonds. The van der Waals surface area contributed by atoms with E-state index >= 15 is 0 Å². The highest BCUT2D eigenvalue weighted by Gasteiger charge is 2.09. The molecule has 0 radical (unpaired) electrons. The average molecular weight is 263 g/mol. The molecular formula is C14H18FN3O. The number of aliphatic hydroxyl groups excluding tert-OH is 1. The van der Waals surface area contributed by atoms with E-state index < -0.39 is 6.10 Å². The van der Waals surface area contributed by atoms with Gasteiger partial charge in [-0.1, -0.05) is 12.1 Å². The molecule has 3 N–H and O–H groups in total. The molecule has 0 aliphatic rings. The van der Waals surface area contributed by atoms with E-state index in [0.717, 1.165) is 17.0 Å². The van der Waals surface area contributed by atoms with Gasteiger partial charge in [-0.25, -0.2) is 4.39 Å². The number of nitrogens with zero attached hydrogens (tertiary/aromatic N) is 1. The summed E-state index contributed by atoms with van der Waals surface area (Å²) in [5, 5.41) is 20.2. The Kier molecular flexibility index (Phi) is 4.29. The Hall–Kier alpha value is -1.72. The van der Waals surface area contributed by atoms with Crippen molar-refractivity contribution in [3.63, 3.8) is 0 Å². The molecule has 102 valence electrons. The molecule has 0 bridgehead atoms. The fraction of sp³-hybridized carbons (Fsp3) is 0.357. The Morgan fingerprint density at radius 2 is 2.00 bits per heavy atom. The summed E-state index contributed by atoms with van der Waals surface area (Å²) in [6, 6.07) is 5.89. The molecule has 2 aromatic rings. The second-order valence-electron chi connectivity index (χ2n) is 4.61. The zero-order valence-corrected chi connectivity index (χ0v) is 11.1. The Labute approximate surface area is 111 Å². The van der Waals surface area contributed by atoms with Crippen LogP contribution in [0.1, 0.15) is 28.6 Å². The van der Waals surface area contributed by atoms with Crippen LogP contribution in [0.25, 0.3) is 0 Å². The summed E-state index contributed by atoms with van der Waals surface area (Å²) in [4.78, 5) is 0. The lowest BCUT2D eigenvalue weighted by atomic mass is 10.1. The molecule has 0 saturated heterocycles. The van der Waals surface area contributed by atoms with Crippen LogP contribution in [0.3, 0.4) is 0 Å².